The van der Waals surface area contributed by atoms with Crippen LogP contribution in [0.15, 0.2) is 118 Å². The summed E-state index contributed by atoms with van der Waals surface area (Å²) in [5.41, 5.74) is 5.12. The van der Waals surface area contributed by atoms with E-state index >= 15 is 0 Å². The summed E-state index contributed by atoms with van der Waals surface area (Å²) in [6, 6.07) is 28.3. The summed E-state index contributed by atoms with van der Waals surface area (Å²) in [4.78, 5) is 0. The van der Waals surface area contributed by atoms with E-state index in [1.165, 1.54) is 6.42 Å². The topological polar surface area (TPSA) is 18.5 Å². The molecule has 0 spiro atoms. The van der Waals surface area contributed by atoms with Crippen LogP contribution in [0.2, 0.25) is 13.1 Å². The standard InChI is InChI=1S/C27H28O2.C9H13.C2H7Si.Ti/c1-27(2,3)25(20-17-21-15-18-23(28-4)19-16-21)26(22-11-7-5-8-12-22)29-24-13-9-6-10-14-24;1-9(2,3)8-6-4-5-7-8;1-3-2;/h5-20H,1-4H3;6-7H,4H2,1-3H3;3H,1-2H3;. The third-order valence-electron chi connectivity index (χ3n) is 6.82. The fourth-order valence-corrected chi connectivity index (χ4v) is 10.3. The van der Waals surface area contributed by atoms with Crippen LogP contribution in [0.5, 0.6) is 11.5 Å². The van der Waals surface area contributed by atoms with Crippen LogP contribution < -0.4 is 9.47 Å². The van der Waals surface area contributed by atoms with Crippen molar-refractivity contribution in [1.82, 2.24) is 0 Å². The van der Waals surface area contributed by atoms with Gasteiger partial charge in [0, 0.05) is 11.1 Å². The van der Waals surface area contributed by atoms with Crippen molar-refractivity contribution >= 4 is 18.5 Å². The minimum atomic E-state index is -0.282. The maximum atomic E-state index is 6.42. The predicted octanol–water partition coefficient (Wildman–Crippen LogP) is 10.6. The van der Waals surface area contributed by atoms with Crippen LogP contribution in [0.3, 0.4) is 0 Å². The summed E-state index contributed by atoms with van der Waals surface area (Å²) in [6.45, 7) is 18.2. The molecule has 0 saturated heterocycles. The van der Waals surface area contributed by atoms with Gasteiger partial charge in [0.1, 0.15) is 17.3 Å². The second-order valence-electron chi connectivity index (χ2n) is 13.0. The number of allylic oxidation sites excluding steroid dienone is 6. The van der Waals surface area contributed by atoms with E-state index in [1.54, 1.807) is 16.6 Å². The molecule has 0 amide bonds. The average molecular weight is 613 g/mol. The average Bonchev–Trinajstić information content (AvgIpc) is 3.42. The first kappa shape index (κ1) is 33.7. The van der Waals surface area contributed by atoms with Crippen molar-refractivity contribution in [1.29, 1.82) is 0 Å². The van der Waals surface area contributed by atoms with Crippen LogP contribution in [0.1, 0.15) is 59.1 Å². The van der Waals surface area contributed by atoms with Gasteiger partial charge in [0.15, 0.2) is 0 Å². The monoisotopic (exact) mass is 612 g/mol. The third-order valence-corrected chi connectivity index (χ3v) is 12.8. The molecule has 0 bridgehead atoms. The van der Waals surface area contributed by atoms with Crippen molar-refractivity contribution in [3.8, 4) is 11.5 Å². The molecule has 0 fully saturated rings. The summed E-state index contributed by atoms with van der Waals surface area (Å²) in [6.07, 6.45) is 10.5. The van der Waals surface area contributed by atoms with Crippen LogP contribution in [0.4, 0.5) is 0 Å². The number of benzene rings is 3. The van der Waals surface area contributed by atoms with Gasteiger partial charge in [-0.2, -0.15) is 0 Å². The zero-order valence-electron chi connectivity index (χ0n) is 27.0. The van der Waals surface area contributed by atoms with E-state index in [0.717, 1.165) is 34.0 Å². The third kappa shape index (κ3) is 10.8. The van der Waals surface area contributed by atoms with Gasteiger partial charge < -0.3 is 9.47 Å². The van der Waals surface area contributed by atoms with Crippen LogP contribution >= 0.6 is 0 Å². The molecule has 2 nitrogen and oxygen atoms in total. The summed E-state index contributed by atoms with van der Waals surface area (Å²) < 4.78 is 13.5. The number of para-hydroxylation sites is 1. The van der Waals surface area contributed by atoms with E-state index < -0.39 is 0 Å². The Morgan fingerprint density at radius 3 is 1.88 bits per heavy atom. The van der Waals surface area contributed by atoms with Crippen molar-refractivity contribution in [2.45, 2.75) is 61.1 Å². The molecule has 220 valence electrons. The van der Waals surface area contributed by atoms with E-state index in [9.17, 15) is 0 Å². The van der Waals surface area contributed by atoms with Crippen molar-refractivity contribution < 1.29 is 27.9 Å². The van der Waals surface area contributed by atoms with Gasteiger partial charge in [0.05, 0.1) is 7.11 Å². The first-order valence-corrected chi connectivity index (χ1v) is 21.3. The van der Waals surface area contributed by atoms with Crippen molar-refractivity contribution in [3.63, 3.8) is 0 Å². The molecule has 1 aliphatic carbocycles. The summed E-state index contributed by atoms with van der Waals surface area (Å²) in [5, 5.41) is 0. The molecule has 4 heteroatoms. The molecule has 0 radical (unpaired) electrons. The van der Waals surface area contributed by atoms with Crippen molar-refractivity contribution in [3.05, 3.63) is 129 Å². The maximum absolute atomic E-state index is 6.42. The SMILES string of the molecule is COc1ccc(C=CC(=C(Oc2ccccc2)c2ccccc2)C(C)(C)C)cc1.C[SiH](C)[Ti][C]1=CC(C(C)(C)C)=CC1. The van der Waals surface area contributed by atoms with Crippen molar-refractivity contribution in [2.24, 2.45) is 10.8 Å². The molecule has 0 aromatic heterocycles. The molecule has 0 saturated carbocycles. The Kier molecular flexibility index (Phi) is 12.5. The molecule has 0 N–H and O–H groups in total. The quantitative estimate of drug-likeness (QED) is 0.143. The van der Waals surface area contributed by atoms with E-state index in [1.807, 2.05) is 60.7 Å². The Morgan fingerprint density at radius 2 is 1.38 bits per heavy atom. The van der Waals surface area contributed by atoms with Gasteiger partial charge in [-0.3, -0.25) is 0 Å². The van der Waals surface area contributed by atoms with Crippen LogP contribution in [-0.2, 0) is 18.4 Å². The van der Waals surface area contributed by atoms with Gasteiger partial charge >= 0.3 is 92.4 Å². The molecular formula is C38H48O2SiTi. The number of hydrogen-bond acceptors (Lipinski definition) is 2. The fraction of sp³-hybridized carbons (Fsp3) is 0.316. The molecule has 0 heterocycles. The Hall–Kier alpha value is -2.85. The zero-order chi connectivity index (χ0) is 30.8. The molecular weight excluding hydrogens is 564 g/mol. The molecule has 0 unspecified atom stereocenters. The number of hydrogen-bond donors (Lipinski definition) is 0. The minimum absolute atomic E-state index is 0.108. The van der Waals surface area contributed by atoms with E-state index in [4.69, 9.17) is 9.47 Å². The van der Waals surface area contributed by atoms with E-state index in [-0.39, 0.29) is 12.1 Å². The number of rotatable bonds is 8. The number of methoxy groups -OCH3 is 1. The molecule has 1 aliphatic rings. The second-order valence-corrected chi connectivity index (χ2v) is 23.3. The Balaban J connectivity index is 0.000000312. The predicted molar refractivity (Wildman–Crippen MR) is 181 cm³/mol. The van der Waals surface area contributed by atoms with E-state index in [2.05, 4.69) is 103 Å². The van der Waals surface area contributed by atoms with E-state index in [0.29, 0.717) is 23.8 Å². The van der Waals surface area contributed by atoms with Gasteiger partial charge in [-0.1, -0.05) is 93.6 Å². The summed E-state index contributed by atoms with van der Waals surface area (Å²) in [7, 11) is 1.68. The Morgan fingerprint density at radius 1 is 0.786 bits per heavy atom. The molecule has 42 heavy (non-hydrogen) atoms. The molecule has 3 aromatic rings. The van der Waals surface area contributed by atoms with Gasteiger partial charge in [-0.15, -0.1) is 0 Å². The Bertz CT molecular complexity index is 1390. The van der Waals surface area contributed by atoms with Crippen LogP contribution in [0, 0.1) is 10.8 Å². The van der Waals surface area contributed by atoms with Gasteiger partial charge in [-0.05, 0) is 35.2 Å². The fourth-order valence-electron chi connectivity index (χ4n) is 4.55. The zero-order valence-corrected chi connectivity index (χ0v) is 29.7. The van der Waals surface area contributed by atoms with Crippen LogP contribution in [-0.4, -0.2) is 13.8 Å². The number of ether oxygens (including phenoxy) is 2. The first-order chi connectivity index (χ1) is 19.9. The molecule has 0 atom stereocenters. The first-order valence-electron chi connectivity index (χ1n) is 14.9. The molecule has 3 aromatic carbocycles. The van der Waals surface area contributed by atoms with Crippen LogP contribution in [0.25, 0.3) is 11.8 Å². The van der Waals surface area contributed by atoms with Crippen molar-refractivity contribution in [2.75, 3.05) is 7.11 Å². The second kappa shape index (κ2) is 15.6. The van der Waals surface area contributed by atoms with Gasteiger partial charge in [0.2, 0.25) is 0 Å². The summed E-state index contributed by atoms with van der Waals surface area (Å²) >= 11 is 0.302. The van der Waals surface area contributed by atoms with Gasteiger partial charge in [0.25, 0.3) is 0 Å². The molecule has 0 aliphatic heterocycles. The Labute approximate surface area is 265 Å². The normalized spacial score (nSPS) is 14.0. The van der Waals surface area contributed by atoms with Gasteiger partial charge in [-0.25, -0.2) is 0 Å². The molecule has 4 rings (SSSR count). The summed E-state index contributed by atoms with van der Waals surface area (Å²) in [5.74, 6) is 2.55.